The molecule has 0 aliphatic rings. The first-order valence-corrected chi connectivity index (χ1v) is 7.26. The second-order valence-electron chi connectivity index (χ2n) is 4.66. The molecule has 1 rings (SSSR count). The summed E-state index contributed by atoms with van der Waals surface area (Å²) in [5.74, 6) is 0.818. The average Bonchev–Trinajstić information content (AvgIpc) is 2.46. The van der Waals surface area contributed by atoms with Crippen LogP contribution in [0.1, 0.15) is 51.2 Å². The van der Waals surface area contributed by atoms with Gasteiger partial charge in [0.25, 0.3) is 0 Å². The number of benzene rings is 1. The predicted octanol–water partition coefficient (Wildman–Crippen LogP) is 3.72. The molecule has 1 aromatic rings. The zero-order valence-electron chi connectivity index (χ0n) is 12.1. The standard InChI is InChI=1S/C16H26O3/c1-3-5-10-18-11-7-12-19-15-9-6-8-14(13-15)16(17)4-2/h6,8-9,13,16-17H,3-5,7,10-12H2,1-2H3/t16-/m1/s1. The number of unbranched alkanes of at least 4 members (excludes halogenated alkanes) is 1. The lowest BCUT2D eigenvalue weighted by atomic mass is 10.1. The Kier molecular flexibility index (Phi) is 8.26. The van der Waals surface area contributed by atoms with E-state index in [1.165, 1.54) is 6.42 Å². The minimum absolute atomic E-state index is 0.402. The van der Waals surface area contributed by atoms with Gasteiger partial charge in [0.1, 0.15) is 5.75 Å². The van der Waals surface area contributed by atoms with E-state index in [0.717, 1.165) is 37.4 Å². The Bertz CT molecular complexity index is 339. The summed E-state index contributed by atoms with van der Waals surface area (Å²) >= 11 is 0. The molecular weight excluding hydrogens is 240 g/mol. The maximum atomic E-state index is 9.77. The second-order valence-corrected chi connectivity index (χ2v) is 4.66. The SMILES string of the molecule is CCCCOCCCOc1cccc([C@H](O)CC)c1. The highest BCUT2D eigenvalue weighted by molar-refractivity contribution is 5.29. The van der Waals surface area contributed by atoms with Crippen LogP contribution in [0.25, 0.3) is 0 Å². The molecule has 0 aliphatic heterocycles. The number of aliphatic hydroxyl groups is 1. The summed E-state index contributed by atoms with van der Waals surface area (Å²) in [5, 5.41) is 9.77. The van der Waals surface area contributed by atoms with Crippen LogP contribution in [0.2, 0.25) is 0 Å². The lowest BCUT2D eigenvalue weighted by Crippen LogP contribution is -2.04. The quantitative estimate of drug-likeness (QED) is 0.656. The van der Waals surface area contributed by atoms with Gasteiger partial charge in [-0.15, -0.1) is 0 Å². The molecule has 3 nitrogen and oxygen atoms in total. The molecule has 0 saturated heterocycles. The van der Waals surface area contributed by atoms with E-state index in [0.29, 0.717) is 13.0 Å². The summed E-state index contributed by atoms with van der Waals surface area (Å²) in [6.07, 6.45) is 3.50. The smallest absolute Gasteiger partial charge is 0.119 e. The lowest BCUT2D eigenvalue weighted by Gasteiger charge is -2.11. The van der Waals surface area contributed by atoms with Crippen molar-refractivity contribution in [1.82, 2.24) is 0 Å². The monoisotopic (exact) mass is 266 g/mol. The number of rotatable bonds is 10. The molecule has 0 unspecified atom stereocenters. The normalized spacial score (nSPS) is 12.4. The zero-order valence-corrected chi connectivity index (χ0v) is 12.1. The molecule has 1 aromatic carbocycles. The van der Waals surface area contributed by atoms with Gasteiger partial charge in [-0.25, -0.2) is 0 Å². The largest absolute Gasteiger partial charge is 0.493 e. The van der Waals surface area contributed by atoms with Gasteiger partial charge >= 0.3 is 0 Å². The number of aliphatic hydroxyl groups excluding tert-OH is 1. The fourth-order valence-electron chi connectivity index (χ4n) is 1.75. The molecule has 19 heavy (non-hydrogen) atoms. The lowest BCUT2D eigenvalue weighted by molar-refractivity contribution is 0.117. The first-order valence-electron chi connectivity index (χ1n) is 7.26. The van der Waals surface area contributed by atoms with E-state index in [-0.39, 0.29) is 0 Å². The van der Waals surface area contributed by atoms with E-state index < -0.39 is 6.10 Å². The van der Waals surface area contributed by atoms with Crippen LogP contribution < -0.4 is 4.74 Å². The first kappa shape index (κ1) is 16.0. The molecular formula is C16H26O3. The van der Waals surface area contributed by atoms with Crippen LogP contribution in [0.3, 0.4) is 0 Å². The Balaban J connectivity index is 2.22. The van der Waals surface area contributed by atoms with Gasteiger partial charge in [-0.1, -0.05) is 32.4 Å². The van der Waals surface area contributed by atoms with Crippen molar-refractivity contribution in [1.29, 1.82) is 0 Å². The molecule has 0 aliphatic carbocycles. The molecule has 1 atom stereocenters. The topological polar surface area (TPSA) is 38.7 Å². The van der Waals surface area contributed by atoms with Crippen LogP contribution in [0.15, 0.2) is 24.3 Å². The van der Waals surface area contributed by atoms with Crippen molar-refractivity contribution in [2.24, 2.45) is 0 Å². The fourth-order valence-corrected chi connectivity index (χ4v) is 1.75. The predicted molar refractivity (Wildman–Crippen MR) is 77.5 cm³/mol. The van der Waals surface area contributed by atoms with Crippen molar-refractivity contribution in [2.75, 3.05) is 19.8 Å². The van der Waals surface area contributed by atoms with Crippen molar-refractivity contribution in [3.63, 3.8) is 0 Å². The highest BCUT2D eigenvalue weighted by atomic mass is 16.5. The summed E-state index contributed by atoms with van der Waals surface area (Å²) < 4.78 is 11.1. The third-order valence-electron chi connectivity index (χ3n) is 2.97. The molecule has 3 heteroatoms. The van der Waals surface area contributed by atoms with E-state index in [2.05, 4.69) is 6.92 Å². The summed E-state index contributed by atoms with van der Waals surface area (Å²) in [6, 6.07) is 7.67. The van der Waals surface area contributed by atoms with E-state index in [9.17, 15) is 5.11 Å². The molecule has 0 saturated carbocycles. The van der Waals surface area contributed by atoms with Crippen LogP contribution in [0, 0.1) is 0 Å². The van der Waals surface area contributed by atoms with Gasteiger partial charge in [0, 0.05) is 19.6 Å². The van der Waals surface area contributed by atoms with Crippen LogP contribution in [-0.2, 0) is 4.74 Å². The van der Waals surface area contributed by atoms with Gasteiger partial charge in [0.2, 0.25) is 0 Å². The number of hydrogen-bond acceptors (Lipinski definition) is 3. The third-order valence-corrected chi connectivity index (χ3v) is 2.97. The Morgan fingerprint density at radius 1 is 1.11 bits per heavy atom. The highest BCUT2D eigenvalue weighted by Crippen LogP contribution is 2.21. The molecule has 0 amide bonds. The minimum atomic E-state index is -0.402. The Hall–Kier alpha value is -1.06. The average molecular weight is 266 g/mol. The summed E-state index contributed by atoms with van der Waals surface area (Å²) in [7, 11) is 0. The number of ether oxygens (including phenoxy) is 2. The summed E-state index contributed by atoms with van der Waals surface area (Å²) in [4.78, 5) is 0. The molecule has 0 bridgehead atoms. The minimum Gasteiger partial charge on any atom is -0.493 e. The highest BCUT2D eigenvalue weighted by Gasteiger charge is 2.05. The Labute approximate surface area is 116 Å². The van der Waals surface area contributed by atoms with Crippen molar-refractivity contribution < 1.29 is 14.6 Å². The van der Waals surface area contributed by atoms with Crippen LogP contribution in [0.5, 0.6) is 5.75 Å². The second kappa shape index (κ2) is 9.82. The molecule has 0 spiro atoms. The van der Waals surface area contributed by atoms with Crippen LogP contribution >= 0.6 is 0 Å². The maximum Gasteiger partial charge on any atom is 0.119 e. The van der Waals surface area contributed by atoms with E-state index in [1.807, 2.05) is 31.2 Å². The van der Waals surface area contributed by atoms with Crippen molar-refractivity contribution >= 4 is 0 Å². The van der Waals surface area contributed by atoms with Crippen molar-refractivity contribution in [3.8, 4) is 5.75 Å². The van der Waals surface area contributed by atoms with Gasteiger partial charge in [-0.05, 0) is 30.5 Å². The van der Waals surface area contributed by atoms with E-state index >= 15 is 0 Å². The zero-order chi connectivity index (χ0) is 13.9. The van der Waals surface area contributed by atoms with Gasteiger partial charge in [-0.2, -0.15) is 0 Å². The molecule has 0 aromatic heterocycles. The number of hydrogen-bond donors (Lipinski definition) is 1. The molecule has 0 heterocycles. The Morgan fingerprint density at radius 2 is 1.89 bits per heavy atom. The summed E-state index contributed by atoms with van der Waals surface area (Å²) in [5.41, 5.74) is 0.916. The van der Waals surface area contributed by atoms with E-state index in [4.69, 9.17) is 9.47 Å². The third kappa shape index (κ3) is 6.60. The van der Waals surface area contributed by atoms with Gasteiger partial charge in [0.15, 0.2) is 0 Å². The van der Waals surface area contributed by atoms with Gasteiger partial charge in [0.05, 0.1) is 12.7 Å². The first-order chi connectivity index (χ1) is 9.27. The van der Waals surface area contributed by atoms with Crippen LogP contribution in [0.4, 0.5) is 0 Å². The molecule has 108 valence electrons. The van der Waals surface area contributed by atoms with E-state index in [1.54, 1.807) is 0 Å². The van der Waals surface area contributed by atoms with Crippen molar-refractivity contribution in [3.05, 3.63) is 29.8 Å². The molecule has 0 fully saturated rings. The van der Waals surface area contributed by atoms with Gasteiger partial charge in [-0.3, -0.25) is 0 Å². The molecule has 0 radical (unpaired) electrons. The Morgan fingerprint density at radius 3 is 2.63 bits per heavy atom. The molecule has 1 N–H and O–H groups in total. The van der Waals surface area contributed by atoms with Crippen LogP contribution in [-0.4, -0.2) is 24.9 Å². The van der Waals surface area contributed by atoms with Gasteiger partial charge < -0.3 is 14.6 Å². The van der Waals surface area contributed by atoms with Crippen molar-refractivity contribution in [2.45, 2.75) is 45.6 Å². The fraction of sp³-hybridized carbons (Fsp3) is 0.625. The summed E-state index contributed by atoms with van der Waals surface area (Å²) in [6.45, 7) is 6.36. The maximum absolute atomic E-state index is 9.77.